The number of carbonyl (C=O) groups is 2. The van der Waals surface area contributed by atoms with E-state index in [0.717, 1.165) is 31.6 Å². The molecule has 0 radical (unpaired) electrons. The minimum Gasteiger partial charge on any atom is -0.507 e. The van der Waals surface area contributed by atoms with Gasteiger partial charge in [-0.05, 0) is 31.0 Å². The third-order valence-corrected chi connectivity index (χ3v) is 3.98. The fourth-order valence-electron chi connectivity index (χ4n) is 2.83. The van der Waals surface area contributed by atoms with Gasteiger partial charge in [-0.3, -0.25) is 4.79 Å². The number of aromatic hydroxyl groups is 1. The van der Waals surface area contributed by atoms with Gasteiger partial charge >= 0.3 is 5.97 Å². The van der Waals surface area contributed by atoms with Crippen LogP contribution in [-0.2, 0) is 0 Å². The van der Waals surface area contributed by atoms with Gasteiger partial charge in [0, 0.05) is 30.4 Å². The highest BCUT2D eigenvalue weighted by molar-refractivity contribution is 6.15. The molecule has 132 valence electrons. The van der Waals surface area contributed by atoms with Crippen LogP contribution in [0.5, 0.6) is 5.75 Å². The van der Waals surface area contributed by atoms with Crippen LogP contribution in [0.25, 0.3) is 0 Å². The minimum absolute atomic E-state index is 0.0667. The summed E-state index contributed by atoms with van der Waals surface area (Å²) in [6.45, 7) is 5.90. The monoisotopic (exact) mass is 341 g/mol. The molecule has 5 nitrogen and oxygen atoms in total. The second-order valence-corrected chi connectivity index (χ2v) is 5.87. The van der Waals surface area contributed by atoms with Crippen molar-refractivity contribution in [2.75, 3.05) is 18.0 Å². The summed E-state index contributed by atoms with van der Waals surface area (Å²) in [5, 5.41) is 19.6. The van der Waals surface area contributed by atoms with Gasteiger partial charge in [0.1, 0.15) is 5.75 Å². The number of hydrogen-bond donors (Lipinski definition) is 2. The summed E-state index contributed by atoms with van der Waals surface area (Å²) in [5.41, 5.74) is 0.946. The molecule has 25 heavy (non-hydrogen) atoms. The zero-order chi connectivity index (χ0) is 18.4. The molecule has 0 saturated heterocycles. The first-order chi connectivity index (χ1) is 12.0. The number of hydrogen-bond acceptors (Lipinski definition) is 4. The van der Waals surface area contributed by atoms with Gasteiger partial charge in [-0.25, -0.2) is 4.79 Å². The molecule has 2 rings (SSSR count). The first kappa shape index (κ1) is 18.5. The number of aromatic carboxylic acids is 1. The fourth-order valence-corrected chi connectivity index (χ4v) is 2.83. The molecule has 0 unspecified atom stereocenters. The van der Waals surface area contributed by atoms with E-state index >= 15 is 0 Å². The zero-order valence-corrected chi connectivity index (χ0v) is 14.5. The summed E-state index contributed by atoms with van der Waals surface area (Å²) in [6.07, 6.45) is 1.96. The number of nitrogens with zero attached hydrogens (tertiary/aromatic N) is 1. The van der Waals surface area contributed by atoms with Gasteiger partial charge < -0.3 is 15.1 Å². The summed E-state index contributed by atoms with van der Waals surface area (Å²) in [6, 6.07) is 10.9. The van der Waals surface area contributed by atoms with Gasteiger partial charge in [0.15, 0.2) is 5.78 Å². The normalized spacial score (nSPS) is 10.5. The lowest BCUT2D eigenvalue weighted by Crippen LogP contribution is -2.24. The number of ketones is 1. The topological polar surface area (TPSA) is 77.8 Å². The Labute approximate surface area is 147 Å². The standard InChI is InChI=1S/C20H23NO4/c1-3-11-21(12-4-2)14-9-10-17(18(22)13-14)19(23)15-7-5-6-8-16(15)20(24)25/h5-10,13,22H,3-4,11-12H2,1-2H3,(H,24,25). The number of benzene rings is 2. The van der Waals surface area contributed by atoms with Gasteiger partial charge in [0.25, 0.3) is 0 Å². The quantitative estimate of drug-likeness (QED) is 0.711. The second kappa shape index (κ2) is 8.33. The Balaban J connectivity index is 2.38. The van der Waals surface area contributed by atoms with Crippen molar-refractivity contribution in [3.8, 4) is 5.75 Å². The molecule has 2 aromatic rings. The fraction of sp³-hybridized carbons (Fsp3) is 0.300. The largest absolute Gasteiger partial charge is 0.507 e. The smallest absolute Gasteiger partial charge is 0.336 e. The number of phenolic OH excluding ortho intramolecular Hbond substituents is 1. The molecule has 5 heteroatoms. The SMILES string of the molecule is CCCN(CCC)c1ccc(C(=O)c2ccccc2C(=O)O)c(O)c1. The highest BCUT2D eigenvalue weighted by Crippen LogP contribution is 2.28. The maximum atomic E-state index is 12.7. The molecule has 2 N–H and O–H groups in total. The number of carbonyl (C=O) groups excluding carboxylic acids is 1. The van der Waals surface area contributed by atoms with Crippen molar-refractivity contribution in [2.24, 2.45) is 0 Å². The van der Waals surface area contributed by atoms with E-state index in [1.54, 1.807) is 30.3 Å². The first-order valence-electron chi connectivity index (χ1n) is 8.44. The van der Waals surface area contributed by atoms with Crippen molar-refractivity contribution in [3.63, 3.8) is 0 Å². The van der Waals surface area contributed by atoms with Crippen LogP contribution >= 0.6 is 0 Å². The Morgan fingerprint density at radius 3 is 2.04 bits per heavy atom. The van der Waals surface area contributed by atoms with Gasteiger partial charge in [-0.1, -0.05) is 32.0 Å². The van der Waals surface area contributed by atoms with Crippen molar-refractivity contribution >= 4 is 17.4 Å². The van der Waals surface area contributed by atoms with Crippen LogP contribution in [0, 0.1) is 0 Å². The van der Waals surface area contributed by atoms with Gasteiger partial charge in [-0.15, -0.1) is 0 Å². The average molecular weight is 341 g/mol. The van der Waals surface area contributed by atoms with Crippen LogP contribution < -0.4 is 4.90 Å². The van der Waals surface area contributed by atoms with Crippen molar-refractivity contribution in [1.82, 2.24) is 0 Å². The Morgan fingerprint density at radius 2 is 1.52 bits per heavy atom. The maximum Gasteiger partial charge on any atom is 0.336 e. The molecule has 0 heterocycles. The lowest BCUT2D eigenvalue weighted by Gasteiger charge is -2.24. The van der Waals surface area contributed by atoms with Gasteiger partial charge in [0.05, 0.1) is 11.1 Å². The third-order valence-electron chi connectivity index (χ3n) is 3.98. The van der Waals surface area contributed by atoms with Crippen molar-refractivity contribution < 1.29 is 19.8 Å². The zero-order valence-electron chi connectivity index (χ0n) is 14.5. The van der Waals surface area contributed by atoms with Crippen LogP contribution in [0.2, 0.25) is 0 Å². The summed E-state index contributed by atoms with van der Waals surface area (Å²) in [7, 11) is 0. The average Bonchev–Trinajstić information content (AvgIpc) is 2.61. The molecule has 0 fully saturated rings. The Kier molecular flexibility index (Phi) is 6.17. The summed E-state index contributed by atoms with van der Waals surface area (Å²) in [4.78, 5) is 26.1. The molecular weight excluding hydrogens is 318 g/mol. The third kappa shape index (κ3) is 4.18. The highest BCUT2D eigenvalue weighted by Gasteiger charge is 2.20. The summed E-state index contributed by atoms with van der Waals surface area (Å²) in [5.74, 6) is -1.81. The van der Waals surface area contributed by atoms with E-state index in [0.29, 0.717) is 0 Å². The molecule has 0 aliphatic rings. The Bertz CT molecular complexity index is 764. The molecule has 0 bridgehead atoms. The van der Waals surface area contributed by atoms with Crippen molar-refractivity contribution in [3.05, 3.63) is 59.2 Å². The van der Waals surface area contributed by atoms with E-state index in [9.17, 15) is 19.8 Å². The van der Waals surface area contributed by atoms with E-state index in [1.807, 2.05) is 0 Å². The molecule has 0 aliphatic heterocycles. The maximum absolute atomic E-state index is 12.7. The first-order valence-corrected chi connectivity index (χ1v) is 8.44. The van der Waals surface area contributed by atoms with Gasteiger partial charge in [0.2, 0.25) is 0 Å². The minimum atomic E-state index is -1.17. The summed E-state index contributed by atoms with van der Waals surface area (Å²) < 4.78 is 0. The second-order valence-electron chi connectivity index (χ2n) is 5.87. The predicted molar refractivity (Wildman–Crippen MR) is 97.7 cm³/mol. The number of rotatable bonds is 8. The Hall–Kier alpha value is -2.82. The Morgan fingerprint density at radius 1 is 0.920 bits per heavy atom. The molecule has 0 atom stereocenters. The van der Waals surface area contributed by atoms with E-state index in [4.69, 9.17) is 0 Å². The van der Waals surface area contributed by atoms with Crippen LogP contribution in [0.15, 0.2) is 42.5 Å². The van der Waals surface area contributed by atoms with Crippen LogP contribution in [0.1, 0.15) is 53.0 Å². The number of carboxylic acids is 1. The van der Waals surface area contributed by atoms with Crippen molar-refractivity contribution in [2.45, 2.75) is 26.7 Å². The lowest BCUT2D eigenvalue weighted by molar-refractivity contribution is 0.0692. The molecule has 0 aliphatic carbocycles. The summed E-state index contributed by atoms with van der Waals surface area (Å²) >= 11 is 0. The predicted octanol–water partition coefficient (Wildman–Crippen LogP) is 3.95. The number of carboxylic acid groups (broad SMARTS) is 1. The highest BCUT2D eigenvalue weighted by atomic mass is 16.4. The van der Waals surface area contributed by atoms with E-state index < -0.39 is 11.8 Å². The molecule has 0 saturated carbocycles. The van der Waals surface area contributed by atoms with Gasteiger partial charge in [-0.2, -0.15) is 0 Å². The van der Waals surface area contributed by atoms with E-state index in [1.165, 1.54) is 12.1 Å². The molecule has 0 aromatic heterocycles. The molecule has 0 amide bonds. The number of phenols is 1. The number of anilines is 1. The van der Waals surface area contributed by atoms with Crippen LogP contribution in [0.4, 0.5) is 5.69 Å². The molecule has 2 aromatic carbocycles. The molecule has 0 spiro atoms. The van der Waals surface area contributed by atoms with Crippen molar-refractivity contribution in [1.29, 1.82) is 0 Å². The van der Waals surface area contributed by atoms with Crippen LogP contribution in [-0.4, -0.2) is 35.1 Å². The lowest BCUT2D eigenvalue weighted by atomic mass is 9.97. The van der Waals surface area contributed by atoms with Crippen LogP contribution in [0.3, 0.4) is 0 Å². The molecular formula is C20H23NO4. The van der Waals surface area contributed by atoms with E-state index in [2.05, 4.69) is 18.7 Å². The van der Waals surface area contributed by atoms with E-state index in [-0.39, 0.29) is 22.4 Å².